The number of pyridine rings is 1. The van der Waals surface area contributed by atoms with Gasteiger partial charge in [0.15, 0.2) is 6.61 Å². The normalized spacial score (nSPS) is 17.0. The molecule has 0 bridgehead atoms. The summed E-state index contributed by atoms with van der Waals surface area (Å²) in [4.78, 5) is 33.0. The van der Waals surface area contributed by atoms with Gasteiger partial charge in [0, 0.05) is 19.6 Å². The van der Waals surface area contributed by atoms with E-state index in [0.717, 1.165) is 11.8 Å². The molecule has 2 amide bonds. The Hall–Kier alpha value is -3.30. The Bertz CT molecular complexity index is 960. The Balaban J connectivity index is 1.77. The number of rotatable bonds is 4. The highest BCUT2D eigenvalue weighted by Crippen LogP contribution is 2.28. The summed E-state index contributed by atoms with van der Waals surface area (Å²) in [6, 6.07) is 11.4. The van der Waals surface area contributed by atoms with Gasteiger partial charge in [-0.05, 0) is 38.5 Å². The molecule has 10 heteroatoms. The summed E-state index contributed by atoms with van der Waals surface area (Å²) < 4.78 is 47.1. The Morgan fingerprint density at radius 3 is 2.33 bits per heavy atom. The lowest BCUT2D eigenvalue weighted by Crippen LogP contribution is -2.53. The number of hydrogen-bond acceptors (Lipinski definition) is 5. The maximum absolute atomic E-state index is 13.2. The molecule has 1 aliphatic heterocycles. The molecule has 1 saturated heterocycles. The van der Waals surface area contributed by atoms with Crippen molar-refractivity contribution >= 4 is 12.0 Å². The van der Waals surface area contributed by atoms with E-state index in [2.05, 4.69) is 9.72 Å². The third kappa shape index (κ3) is 6.84. The molecular weight excluding hydrogens is 439 g/mol. The molecule has 7 nitrogen and oxygen atoms in total. The number of ether oxygens (including phenoxy) is 2. The molecule has 0 N–H and O–H groups in total. The average Bonchev–Trinajstić information content (AvgIpc) is 2.76. The topological polar surface area (TPSA) is 72.0 Å². The molecule has 2 aromatic rings. The lowest BCUT2D eigenvalue weighted by molar-refractivity contribution is -0.153. The second kappa shape index (κ2) is 9.68. The SMILES string of the molecule is CC(C)(C)OC(=O)N1CCN(C(=O)c2ccc(OCC(F)(F)F)cn2)C(c2ccccc2)C1. The summed E-state index contributed by atoms with van der Waals surface area (Å²) >= 11 is 0. The van der Waals surface area contributed by atoms with E-state index in [-0.39, 0.29) is 31.1 Å². The summed E-state index contributed by atoms with van der Waals surface area (Å²) in [6.45, 7) is 4.66. The van der Waals surface area contributed by atoms with Crippen molar-refractivity contribution in [2.75, 3.05) is 26.2 Å². The van der Waals surface area contributed by atoms with Gasteiger partial charge in [-0.15, -0.1) is 0 Å². The molecule has 0 spiro atoms. The number of hydrogen-bond donors (Lipinski definition) is 0. The highest BCUT2D eigenvalue weighted by Gasteiger charge is 2.36. The van der Waals surface area contributed by atoms with Crippen LogP contribution in [-0.2, 0) is 4.74 Å². The van der Waals surface area contributed by atoms with Crippen LogP contribution in [0.15, 0.2) is 48.7 Å². The molecule has 0 saturated carbocycles. The van der Waals surface area contributed by atoms with Gasteiger partial charge < -0.3 is 19.3 Å². The molecule has 178 valence electrons. The Morgan fingerprint density at radius 1 is 1.06 bits per heavy atom. The lowest BCUT2D eigenvalue weighted by atomic mass is 10.0. The monoisotopic (exact) mass is 465 g/mol. The van der Waals surface area contributed by atoms with Crippen LogP contribution in [0.4, 0.5) is 18.0 Å². The summed E-state index contributed by atoms with van der Waals surface area (Å²) in [7, 11) is 0. The molecule has 0 radical (unpaired) electrons. The van der Waals surface area contributed by atoms with E-state index >= 15 is 0 Å². The zero-order valence-electron chi connectivity index (χ0n) is 18.6. The standard InChI is InChI=1S/C23H26F3N3O4/c1-22(2,3)33-21(31)28-11-12-29(19(14-28)16-7-5-4-6-8-16)20(30)18-10-9-17(13-27-18)32-15-23(24,25)26/h4-10,13,19H,11-12,14-15H2,1-3H3. The van der Waals surface area contributed by atoms with Crippen molar-refractivity contribution in [1.82, 2.24) is 14.8 Å². The fourth-order valence-electron chi connectivity index (χ4n) is 3.38. The first-order chi connectivity index (χ1) is 15.4. The van der Waals surface area contributed by atoms with Crippen molar-refractivity contribution in [2.45, 2.75) is 38.6 Å². The molecule has 3 rings (SSSR count). The van der Waals surface area contributed by atoms with E-state index in [9.17, 15) is 22.8 Å². The van der Waals surface area contributed by atoms with Crippen LogP contribution >= 0.6 is 0 Å². The van der Waals surface area contributed by atoms with Gasteiger partial charge in [-0.3, -0.25) is 4.79 Å². The summed E-state index contributed by atoms with van der Waals surface area (Å²) in [5.74, 6) is -0.478. The minimum Gasteiger partial charge on any atom is -0.483 e. The zero-order chi connectivity index (χ0) is 24.2. The van der Waals surface area contributed by atoms with Crippen LogP contribution in [0, 0.1) is 0 Å². The van der Waals surface area contributed by atoms with Crippen molar-refractivity contribution in [3.05, 3.63) is 59.9 Å². The van der Waals surface area contributed by atoms with Crippen LogP contribution in [0.3, 0.4) is 0 Å². The van der Waals surface area contributed by atoms with E-state index in [4.69, 9.17) is 4.74 Å². The number of piperazine rings is 1. The highest BCUT2D eigenvalue weighted by molar-refractivity contribution is 5.93. The van der Waals surface area contributed by atoms with Crippen molar-refractivity contribution < 1.29 is 32.2 Å². The quantitative estimate of drug-likeness (QED) is 0.667. The zero-order valence-corrected chi connectivity index (χ0v) is 18.6. The molecule has 1 aromatic carbocycles. The maximum Gasteiger partial charge on any atom is 0.422 e. The Labute approximate surface area is 190 Å². The summed E-state index contributed by atoms with van der Waals surface area (Å²) in [5.41, 5.74) is 0.261. The van der Waals surface area contributed by atoms with Crippen LogP contribution < -0.4 is 4.74 Å². The maximum atomic E-state index is 13.2. The molecule has 33 heavy (non-hydrogen) atoms. The molecule has 1 aliphatic rings. The van der Waals surface area contributed by atoms with Crippen molar-refractivity contribution in [3.8, 4) is 5.75 Å². The highest BCUT2D eigenvalue weighted by atomic mass is 19.4. The molecule has 1 aromatic heterocycles. The third-order valence-corrected chi connectivity index (χ3v) is 4.84. The van der Waals surface area contributed by atoms with E-state index < -0.39 is 36.4 Å². The minimum absolute atomic E-state index is 0.0704. The third-order valence-electron chi connectivity index (χ3n) is 4.84. The summed E-state index contributed by atoms with van der Waals surface area (Å²) in [6.07, 6.45) is -3.83. The van der Waals surface area contributed by atoms with Crippen LogP contribution in [0.5, 0.6) is 5.75 Å². The Morgan fingerprint density at radius 2 is 1.76 bits per heavy atom. The number of carbonyl (C=O) groups is 2. The molecule has 1 atom stereocenters. The first kappa shape index (κ1) is 24.3. The molecule has 2 heterocycles. The number of benzene rings is 1. The second-order valence-electron chi connectivity index (χ2n) is 8.63. The number of nitrogens with zero attached hydrogens (tertiary/aromatic N) is 3. The summed E-state index contributed by atoms with van der Waals surface area (Å²) in [5, 5.41) is 0. The number of aromatic nitrogens is 1. The van der Waals surface area contributed by atoms with Crippen LogP contribution in [0.1, 0.15) is 42.9 Å². The van der Waals surface area contributed by atoms with E-state index in [1.807, 2.05) is 30.3 Å². The number of alkyl halides is 3. The fourth-order valence-corrected chi connectivity index (χ4v) is 3.38. The molecule has 1 unspecified atom stereocenters. The average molecular weight is 465 g/mol. The second-order valence-corrected chi connectivity index (χ2v) is 8.63. The van der Waals surface area contributed by atoms with E-state index in [1.54, 1.807) is 30.6 Å². The number of halogens is 3. The Kier molecular flexibility index (Phi) is 7.14. The van der Waals surface area contributed by atoms with E-state index in [1.165, 1.54) is 12.1 Å². The number of carbonyl (C=O) groups excluding carboxylic acids is 2. The van der Waals surface area contributed by atoms with Crippen LogP contribution in [-0.4, -0.2) is 64.8 Å². The van der Waals surface area contributed by atoms with Crippen molar-refractivity contribution in [1.29, 1.82) is 0 Å². The van der Waals surface area contributed by atoms with Gasteiger partial charge in [-0.2, -0.15) is 13.2 Å². The van der Waals surface area contributed by atoms with Gasteiger partial charge in [-0.1, -0.05) is 30.3 Å². The van der Waals surface area contributed by atoms with Gasteiger partial charge in [0.2, 0.25) is 0 Å². The lowest BCUT2D eigenvalue weighted by Gasteiger charge is -2.41. The van der Waals surface area contributed by atoms with Gasteiger partial charge in [-0.25, -0.2) is 9.78 Å². The van der Waals surface area contributed by atoms with Gasteiger partial charge in [0.05, 0.1) is 12.2 Å². The van der Waals surface area contributed by atoms with Crippen molar-refractivity contribution in [2.24, 2.45) is 0 Å². The molecule has 1 fully saturated rings. The first-order valence-electron chi connectivity index (χ1n) is 10.4. The first-order valence-corrected chi connectivity index (χ1v) is 10.4. The smallest absolute Gasteiger partial charge is 0.422 e. The largest absolute Gasteiger partial charge is 0.483 e. The fraction of sp³-hybridized carbons (Fsp3) is 0.435. The number of amides is 2. The molecule has 0 aliphatic carbocycles. The van der Waals surface area contributed by atoms with Crippen LogP contribution in [0.25, 0.3) is 0 Å². The van der Waals surface area contributed by atoms with Gasteiger partial charge in [0.1, 0.15) is 17.0 Å². The van der Waals surface area contributed by atoms with E-state index in [0.29, 0.717) is 0 Å². The van der Waals surface area contributed by atoms with Crippen LogP contribution in [0.2, 0.25) is 0 Å². The minimum atomic E-state index is -4.47. The predicted octanol–water partition coefficient (Wildman–Crippen LogP) is 4.46. The molecular formula is C23H26F3N3O4. The van der Waals surface area contributed by atoms with Gasteiger partial charge >= 0.3 is 12.3 Å². The predicted molar refractivity (Wildman–Crippen MR) is 114 cm³/mol. The van der Waals surface area contributed by atoms with Crippen molar-refractivity contribution in [3.63, 3.8) is 0 Å². The van der Waals surface area contributed by atoms with Gasteiger partial charge in [0.25, 0.3) is 5.91 Å².